The second-order valence-electron chi connectivity index (χ2n) is 5.73. The lowest BCUT2D eigenvalue weighted by molar-refractivity contribution is -0.410. The number of allylic oxidation sites excluding steroid dienone is 2. The molecule has 0 fully saturated rings. The molecule has 4 rings (SSSR count). The van der Waals surface area contributed by atoms with Crippen LogP contribution in [0.15, 0.2) is 70.6 Å². The molecule has 1 atom stereocenters. The first-order valence-corrected chi connectivity index (χ1v) is 9.17. The van der Waals surface area contributed by atoms with Crippen molar-refractivity contribution in [1.29, 1.82) is 5.26 Å². The first kappa shape index (κ1) is 16.1. The molecule has 3 heterocycles. The molecule has 2 aromatic heterocycles. The van der Waals surface area contributed by atoms with Gasteiger partial charge in [-0.25, -0.2) is 9.97 Å². The Bertz CT molecular complexity index is 1110. The van der Waals surface area contributed by atoms with Gasteiger partial charge in [-0.2, -0.15) is 5.26 Å². The summed E-state index contributed by atoms with van der Waals surface area (Å²) in [5, 5.41) is 23.6. The van der Waals surface area contributed by atoms with Crippen molar-refractivity contribution in [2.75, 3.05) is 0 Å². The first-order valence-electron chi connectivity index (χ1n) is 7.76. The molecule has 26 heavy (non-hydrogen) atoms. The summed E-state index contributed by atoms with van der Waals surface area (Å²) in [5.74, 6) is 0. The third kappa shape index (κ3) is 2.74. The summed E-state index contributed by atoms with van der Waals surface area (Å²) < 4.78 is 2.00. The van der Waals surface area contributed by atoms with E-state index in [1.54, 1.807) is 30.6 Å². The Morgan fingerprint density at radius 3 is 2.85 bits per heavy atom. The van der Waals surface area contributed by atoms with Crippen molar-refractivity contribution in [1.82, 2.24) is 14.5 Å². The van der Waals surface area contributed by atoms with Crippen molar-refractivity contribution in [2.24, 2.45) is 0 Å². The van der Waals surface area contributed by atoms with Crippen LogP contribution in [0.25, 0.3) is 10.9 Å². The molecule has 0 bridgehead atoms. The van der Waals surface area contributed by atoms with E-state index in [9.17, 15) is 15.4 Å². The SMILES string of the molecule is N#Cc1ccc2c([SH]3C=CC=C3[N+](=O)[O-])cn(Cc3cncnc3)c2c1. The Labute approximate surface area is 151 Å². The van der Waals surface area contributed by atoms with Gasteiger partial charge in [0.25, 0.3) is 5.03 Å². The van der Waals surface area contributed by atoms with E-state index in [4.69, 9.17) is 0 Å². The molecule has 0 saturated heterocycles. The summed E-state index contributed by atoms with van der Waals surface area (Å²) in [4.78, 5) is 20.0. The maximum atomic E-state index is 11.4. The van der Waals surface area contributed by atoms with Crippen LogP contribution in [0.5, 0.6) is 0 Å². The average Bonchev–Trinajstić information content (AvgIpc) is 3.27. The summed E-state index contributed by atoms with van der Waals surface area (Å²) in [5.41, 5.74) is 2.33. The van der Waals surface area contributed by atoms with Crippen LogP contribution in [0.3, 0.4) is 0 Å². The summed E-state index contributed by atoms with van der Waals surface area (Å²) in [6.45, 7) is 0.524. The predicted molar refractivity (Wildman–Crippen MR) is 99.3 cm³/mol. The Morgan fingerprint density at radius 2 is 2.12 bits per heavy atom. The van der Waals surface area contributed by atoms with Crippen molar-refractivity contribution < 1.29 is 4.92 Å². The molecular weight excluding hydrogens is 350 g/mol. The topological polar surface area (TPSA) is 97.6 Å². The van der Waals surface area contributed by atoms with Gasteiger partial charge in [-0.3, -0.25) is 10.1 Å². The number of benzene rings is 1. The smallest absolute Gasteiger partial charge is 0.291 e. The fourth-order valence-corrected chi connectivity index (χ4v) is 4.95. The molecule has 0 aliphatic carbocycles. The summed E-state index contributed by atoms with van der Waals surface area (Å²) in [6.07, 6.45) is 10.2. The quantitative estimate of drug-likeness (QED) is 0.435. The minimum atomic E-state index is -1.16. The van der Waals surface area contributed by atoms with E-state index in [-0.39, 0.29) is 9.95 Å². The van der Waals surface area contributed by atoms with Crippen LogP contribution >= 0.6 is 10.9 Å². The van der Waals surface area contributed by atoms with E-state index in [0.717, 1.165) is 21.4 Å². The Hall–Kier alpha value is -3.44. The largest absolute Gasteiger partial charge is 0.342 e. The van der Waals surface area contributed by atoms with Gasteiger partial charge < -0.3 is 4.57 Å². The van der Waals surface area contributed by atoms with Crippen molar-refractivity contribution in [3.05, 3.63) is 86.9 Å². The summed E-state index contributed by atoms with van der Waals surface area (Å²) in [6, 6.07) is 7.57. The predicted octanol–water partition coefficient (Wildman–Crippen LogP) is 3.36. The van der Waals surface area contributed by atoms with Crippen molar-refractivity contribution in [3.8, 4) is 6.07 Å². The maximum absolute atomic E-state index is 11.4. The van der Waals surface area contributed by atoms with Crippen LogP contribution in [-0.2, 0) is 6.54 Å². The van der Waals surface area contributed by atoms with Crippen LogP contribution in [0.2, 0.25) is 0 Å². The Balaban J connectivity index is 1.87. The average molecular weight is 363 g/mol. The van der Waals surface area contributed by atoms with E-state index in [1.165, 1.54) is 6.33 Å². The molecule has 1 aromatic carbocycles. The Kier molecular flexibility index (Phi) is 3.99. The molecule has 7 nitrogen and oxygen atoms in total. The van der Waals surface area contributed by atoms with Gasteiger partial charge in [0.2, 0.25) is 0 Å². The third-order valence-electron chi connectivity index (χ3n) is 4.13. The van der Waals surface area contributed by atoms with Gasteiger partial charge in [-0.05, 0) is 23.6 Å². The highest BCUT2D eigenvalue weighted by Crippen LogP contribution is 2.51. The van der Waals surface area contributed by atoms with E-state index < -0.39 is 10.9 Å². The van der Waals surface area contributed by atoms with Crippen LogP contribution in [0.1, 0.15) is 11.1 Å². The zero-order valence-corrected chi connectivity index (χ0v) is 14.4. The highest BCUT2D eigenvalue weighted by atomic mass is 32.2. The van der Waals surface area contributed by atoms with Gasteiger partial charge in [0.15, 0.2) is 0 Å². The number of nitriles is 1. The number of hydrogen-bond donors (Lipinski definition) is 1. The number of hydrogen-bond acceptors (Lipinski definition) is 5. The lowest BCUT2D eigenvalue weighted by Crippen LogP contribution is -1.99. The first-order chi connectivity index (χ1) is 12.7. The number of rotatable bonds is 4. The summed E-state index contributed by atoms with van der Waals surface area (Å²) in [7, 11) is -1.16. The van der Waals surface area contributed by atoms with Gasteiger partial charge in [-0.1, -0.05) is 6.07 Å². The van der Waals surface area contributed by atoms with Crippen LogP contribution in [-0.4, -0.2) is 19.5 Å². The zero-order chi connectivity index (χ0) is 18.1. The lowest BCUT2D eigenvalue weighted by Gasteiger charge is -2.10. The van der Waals surface area contributed by atoms with E-state index >= 15 is 0 Å². The molecule has 1 aliphatic rings. The number of thiol groups is 1. The highest BCUT2D eigenvalue weighted by Gasteiger charge is 2.26. The summed E-state index contributed by atoms with van der Waals surface area (Å²) >= 11 is 0. The van der Waals surface area contributed by atoms with Crippen LogP contribution in [0, 0.1) is 21.4 Å². The van der Waals surface area contributed by atoms with Crippen LogP contribution in [0.4, 0.5) is 0 Å². The lowest BCUT2D eigenvalue weighted by atomic mass is 10.2. The van der Waals surface area contributed by atoms with Gasteiger partial charge in [0.1, 0.15) is 6.33 Å². The highest BCUT2D eigenvalue weighted by molar-refractivity contribution is 8.23. The second kappa shape index (κ2) is 6.46. The molecule has 0 spiro atoms. The molecule has 3 aromatic rings. The second-order valence-corrected chi connectivity index (χ2v) is 7.70. The molecule has 0 amide bonds. The Morgan fingerprint density at radius 1 is 1.31 bits per heavy atom. The minimum Gasteiger partial charge on any atom is -0.342 e. The standard InChI is InChI=1S/C18H13N5O2S/c19-7-13-3-4-15-16(6-13)22(10-14-8-20-12-21-9-14)11-17(15)26-5-1-2-18(26)23(24)25/h1-6,8-9,11-12,26H,10H2. The van der Waals surface area contributed by atoms with E-state index in [2.05, 4.69) is 16.0 Å². The van der Waals surface area contributed by atoms with Gasteiger partial charge in [0, 0.05) is 40.5 Å². The molecule has 8 heteroatoms. The molecule has 0 saturated carbocycles. The fraction of sp³-hybridized carbons (Fsp3) is 0.0556. The maximum Gasteiger partial charge on any atom is 0.291 e. The van der Waals surface area contributed by atoms with Gasteiger partial charge in [0.05, 0.1) is 28.6 Å². The number of nitrogens with zero attached hydrogens (tertiary/aromatic N) is 5. The molecule has 1 aliphatic heterocycles. The number of aromatic nitrogens is 3. The molecule has 0 radical (unpaired) electrons. The minimum absolute atomic E-state index is 0.214. The van der Waals surface area contributed by atoms with Gasteiger partial charge in [-0.15, -0.1) is 10.9 Å². The fourth-order valence-electron chi connectivity index (χ4n) is 3.00. The zero-order valence-electron chi connectivity index (χ0n) is 13.5. The van der Waals surface area contributed by atoms with Crippen LogP contribution < -0.4 is 0 Å². The van der Waals surface area contributed by atoms with Crippen molar-refractivity contribution >= 4 is 21.8 Å². The van der Waals surface area contributed by atoms with E-state index in [1.807, 2.05) is 28.3 Å². The molecular formula is C18H13N5O2S. The number of nitro groups is 1. The van der Waals surface area contributed by atoms with Gasteiger partial charge >= 0.3 is 0 Å². The normalized spacial score (nSPS) is 17.2. The monoisotopic (exact) mass is 363 g/mol. The number of fused-ring (bicyclic) bond motifs is 1. The van der Waals surface area contributed by atoms with Crippen molar-refractivity contribution in [3.63, 3.8) is 0 Å². The molecule has 0 N–H and O–H groups in total. The molecule has 128 valence electrons. The molecule has 1 unspecified atom stereocenters. The third-order valence-corrected chi connectivity index (χ3v) is 6.28. The van der Waals surface area contributed by atoms with E-state index in [0.29, 0.717) is 12.1 Å². The van der Waals surface area contributed by atoms with Crippen molar-refractivity contribution in [2.45, 2.75) is 11.4 Å².